The molecular weight excluding hydrogens is 246 g/mol. The van der Waals surface area contributed by atoms with Crippen molar-refractivity contribution in [3.05, 3.63) is 0 Å². The predicted molar refractivity (Wildman–Crippen MR) is 72.2 cm³/mol. The number of nitrogens with zero attached hydrogens (tertiary/aromatic N) is 2. The van der Waals surface area contributed by atoms with E-state index in [4.69, 9.17) is 4.74 Å². The topological polar surface area (TPSA) is 65.0 Å². The van der Waals surface area contributed by atoms with E-state index in [2.05, 4.69) is 17.1 Å². The highest BCUT2D eigenvalue weighted by Gasteiger charge is 2.54. The molecule has 1 amide bonds. The van der Waals surface area contributed by atoms with Crippen molar-refractivity contribution < 1.29 is 14.6 Å². The molecule has 19 heavy (non-hydrogen) atoms. The number of carboxylic acid groups (broad SMARTS) is 1. The third-order valence-electron chi connectivity index (χ3n) is 4.73. The Morgan fingerprint density at radius 1 is 1.32 bits per heavy atom. The fraction of sp³-hybridized carbons (Fsp3) is 0.923. The van der Waals surface area contributed by atoms with Gasteiger partial charge in [0.25, 0.3) is 0 Å². The van der Waals surface area contributed by atoms with Crippen LogP contribution < -0.4 is 5.32 Å². The van der Waals surface area contributed by atoms with Gasteiger partial charge in [0.15, 0.2) is 0 Å². The summed E-state index contributed by atoms with van der Waals surface area (Å²) in [5.74, 6) is 0. The highest BCUT2D eigenvalue weighted by Crippen LogP contribution is 2.37. The van der Waals surface area contributed by atoms with Gasteiger partial charge >= 0.3 is 6.09 Å². The van der Waals surface area contributed by atoms with Crippen molar-refractivity contribution in [2.45, 2.75) is 38.4 Å². The van der Waals surface area contributed by atoms with Crippen molar-refractivity contribution in [3.63, 3.8) is 0 Å². The fourth-order valence-electron chi connectivity index (χ4n) is 3.65. The summed E-state index contributed by atoms with van der Waals surface area (Å²) in [6.45, 7) is 10.5. The van der Waals surface area contributed by atoms with Gasteiger partial charge in [-0.15, -0.1) is 0 Å². The molecule has 2 heterocycles. The number of rotatable bonds is 2. The molecule has 2 saturated heterocycles. The maximum Gasteiger partial charge on any atom is 0.407 e. The number of carbonyl (C=O) groups is 1. The van der Waals surface area contributed by atoms with Gasteiger partial charge in [-0.05, 0) is 20.3 Å². The van der Waals surface area contributed by atoms with Crippen molar-refractivity contribution in [3.8, 4) is 0 Å². The molecule has 0 spiro atoms. The lowest BCUT2D eigenvalue weighted by Crippen LogP contribution is -2.80. The molecule has 0 radical (unpaired) electrons. The summed E-state index contributed by atoms with van der Waals surface area (Å²) in [7, 11) is 0. The van der Waals surface area contributed by atoms with Gasteiger partial charge in [-0.3, -0.25) is 15.1 Å². The summed E-state index contributed by atoms with van der Waals surface area (Å²) in [5, 5.41) is 13.0. The van der Waals surface area contributed by atoms with Crippen LogP contribution in [0.1, 0.15) is 27.2 Å². The van der Waals surface area contributed by atoms with Crippen molar-refractivity contribution in [1.82, 2.24) is 15.1 Å². The van der Waals surface area contributed by atoms with Crippen molar-refractivity contribution >= 4 is 6.09 Å². The SMILES string of the molecule is CCC1(N2CCOCC2)NCCN(C(=O)O)C1(C)C. The van der Waals surface area contributed by atoms with Crippen LogP contribution in [0.2, 0.25) is 0 Å². The molecule has 1 unspecified atom stereocenters. The zero-order valence-corrected chi connectivity index (χ0v) is 12.1. The molecule has 110 valence electrons. The van der Waals surface area contributed by atoms with E-state index in [1.165, 1.54) is 0 Å². The standard InChI is InChI=1S/C13H25N3O3/c1-4-13(15-7-9-19-10-8-15)12(2,3)16(11(17)18)6-5-14-13/h14H,4-10H2,1-3H3,(H,17,18). The minimum atomic E-state index is -0.836. The second-order valence-corrected chi connectivity index (χ2v) is 5.73. The Morgan fingerprint density at radius 2 is 1.95 bits per heavy atom. The predicted octanol–water partition coefficient (Wildman–Crippen LogP) is 0.787. The summed E-state index contributed by atoms with van der Waals surface area (Å²) in [6, 6.07) is 0. The van der Waals surface area contributed by atoms with E-state index in [9.17, 15) is 9.90 Å². The second kappa shape index (κ2) is 5.26. The molecule has 2 rings (SSSR count). The molecule has 2 N–H and O–H groups in total. The molecule has 0 aliphatic carbocycles. The molecular formula is C13H25N3O3. The Bertz CT molecular complexity index is 342. The lowest BCUT2D eigenvalue weighted by atomic mass is 9.79. The molecule has 6 nitrogen and oxygen atoms in total. The number of nitrogens with one attached hydrogen (secondary N) is 1. The van der Waals surface area contributed by atoms with Crippen LogP contribution in [0.4, 0.5) is 4.79 Å². The van der Waals surface area contributed by atoms with Gasteiger partial charge < -0.3 is 9.84 Å². The zero-order valence-electron chi connectivity index (χ0n) is 12.1. The van der Waals surface area contributed by atoms with Crippen LogP contribution in [0.5, 0.6) is 0 Å². The number of piperazine rings is 1. The first kappa shape index (κ1) is 14.6. The average Bonchev–Trinajstić information content (AvgIpc) is 2.39. The smallest absolute Gasteiger partial charge is 0.407 e. The first-order valence-corrected chi connectivity index (χ1v) is 7.04. The maximum absolute atomic E-state index is 11.5. The normalized spacial score (nSPS) is 32.3. The number of ether oxygens (including phenoxy) is 1. The summed E-state index contributed by atoms with van der Waals surface area (Å²) in [4.78, 5) is 15.4. The van der Waals surface area contributed by atoms with Gasteiger partial charge in [-0.1, -0.05) is 6.92 Å². The van der Waals surface area contributed by atoms with E-state index >= 15 is 0 Å². The van der Waals surface area contributed by atoms with E-state index < -0.39 is 11.6 Å². The molecule has 0 aromatic carbocycles. The minimum absolute atomic E-state index is 0.312. The molecule has 2 aliphatic rings. The number of hydrogen-bond acceptors (Lipinski definition) is 4. The first-order valence-electron chi connectivity index (χ1n) is 7.04. The van der Waals surface area contributed by atoms with Crippen molar-refractivity contribution in [1.29, 1.82) is 0 Å². The number of amides is 1. The Labute approximate surface area is 114 Å². The Morgan fingerprint density at radius 3 is 2.47 bits per heavy atom. The van der Waals surface area contributed by atoms with E-state index in [0.717, 1.165) is 19.5 Å². The van der Waals surface area contributed by atoms with Gasteiger partial charge in [-0.25, -0.2) is 4.79 Å². The molecule has 2 fully saturated rings. The van der Waals surface area contributed by atoms with Gasteiger partial charge in [0.1, 0.15) is 0 Å². The Kier molecular flexibility index (Phi) is 4.03. The fourth-order valence-corrected chi connectivity index (χ4v) is 3.65. The van der Waals surface area contributed by atoms with Crippen LogP contribution in [0.3, 0.4) is 0 Å². The average molecular weight is 271 g/mol. The molecule has 0 aromatic rings. The molecule has 0 aromatic heterocycles. The maximum atomic E-state index is 11.5. The largest absolute Gasteiger partial charge is 0.465 e. The van der Waals surface area contributed by atoms with Crippen LogP contribution in [-0.2, 0) is 4.74 Å². The lowest BCUT2D eigenvalue weighted by Gasteiger charge is -2.60. The summed E-state index contributed by atoms with van der Waals surface area (Å²) in [6.07, 6.45) is 0.0293. The molecule has 2 aliphatic heterocycles. The van der Waals surface area contributed by atoms with Gasteiger partial charge in [0.2, 0.25) is 0 Å². The van der Waals surface area contributed by atoms with Gasteiger partial charge in [0, 0.05) is 26.2 Å². The number of hydrogen-bond donors (Lipinski definition) is 2. The molecule has 0 saturated carbocycles. The minimum Gasteiger partial charge on any atom is -0.465 e. The quantitative estimate of drug-likeness (QED) is 0.777. The second-order valence-electron chi connectivity index (χ2n) is 5.73. The van der Waals surface area contributed by atoms with Crippen molar-refractivity contribution in [2.24, 2.45) is 0 Å². The van der Waals surface area contributed by atoms with Crippen LogP contribution >= 0.6 is 0 Å². The molecule has 0 bridgehead atoms. The van der Waals surface area contributed by atoms with Crippen molar-refractivity contribution in [2.75, 3.05) is 39.4 Å². The van der Waals surface area contributed by atoms with Gasteiger partial charge in [-0.2, -0.15) is 0 Å². The molecule has 6 heteroatoms. The first-order chi connectivity index (χ1) is 8.95. The van der Waals surface area contributed by atoms with Gasteiger partial charge in [0.05, 0.1) is 24.4 Å². The molecule has 1 atom stereocenters. The summed E-state index contributed by atoms with van der Waals surface area (Å²) in [5.41, 5.74) is -0.781. The third-order valence-corrected chi connectivity index (χ3v) is 4.73. The van der Waals surface area contributed by atoms with Crippen LogP contribution in [0.25, 0.3) is 0 Å². The van der Waals surface area contributed by atoms with E-state index in [1.54, 1.807) is 4.90 Å². The van der Waals surface area contributed by atoms with Crippen LogP contribution in [-0.4, -0.2) is 71.6 Å². The highest BCUT2D eigenvalue weighted by molar-refractivity contribution is 5.66. The van der Waals surface area contributed by atoms with E-state index in [0.29, 0.717) is 26.3 Å². The monoisotopic (exact) mass is 271 g/mol. The Hall–Kier alpha value is -0.850. The number of morpholine rings is 1. The van der Waals surface area contributed by atoms with E-state index in [-0.39, 0.29) is 5.66 Å². The van der Waals surface area contributed by atoms with Crippen LogP contribution in [0, 0.1) is 0 Å². The lowest BCUT2D eigenvalue weighted by molar-refractivity contribution is -0.123. The summed E-state index contributed by atoms with van der Waals surface area (Å²) < 4.78 is 5.42. The van der Waals surface area contributed by atoms with Crippen LogP contribution in [0.15, 0.2) is 0 Å². The Balaban J connectivity index is 2.33. The van der Waals surface area contributed by atoms with E-state index in [1.807, 2.05) is 13.8 Å². The zero-order chi connectivity index (χ0) is 14.1. The highest BCUT2D eigenvalue weighted by atomic mass is 16.5. The third kappa shape index (κ3) is 2.22. The summed E-state index contributed by atoms with van der Waals surface area (Å²) >= 11 is 0.